The highest BCUT2D eigenvalue weighted by Crippen LogP contribution is 2.33. The van der Waals surface area contributed by atoms with Crippen LogP contribution >= 0.6 is 0 Å². The molecule has 3 N–H and O–H groups in total. The number of nitrogens with one attached hydrogen (secondary N) is 1. The van der Waals surface area contributed by atoms with Gasteiger partial charge in [0.15, 0.2) is 0 Å². The van der Waals surface area contributed by atoms with Gasteiger partial charge in [0, 0.05) is 12.6 Å². The molecule has 126 valence electrons. The Balaban J connectivity index is 1.66. The highest BCUT2D eigenvalue weighted by atomic mass is 32.2. The largest absolute Gasteiger partial charge is 0.497 e. The van der Waals surface area contributed by atoms with Crippen molar-refractivity contribution < 1.29 is 13.2 Å². The smallest absolute Gasteiger partial charge is 0.274 e. The predicted molar refractivity (Wildman–Crippen MR) is 86.2 cm³/mol. The van der Waals surface area contributed by atoms with E-state index < -0.39 is 10.2 Å². The maximum Gasteiger partial charge on any atom is 0.274 e. The van der Waals surface area contributed by atoms with Gasteiger partial charge in [-0.25, -0.2) is 14.5 Å². The van der Waals surface area contributed by atoms with Crippen LogP contribution in [-0.2, 0) is 10.2 Å². The van der Waals surface area contributed by atoms with Crippen LogP contribution in [0.4, 0.5) is 0 Å². The molecule has 0 atom stereocenters. The summed E-state index contributed by atoms with van der Waals surface area (Å²) < 4.78 is 31.5. The number of aromatic nitrogens is 3. The molecule has 1 aromatic heterocycles. The minimum absolute atomic E-state index is 0.291. The van der Waals surface area contributed by atoms with Crippen molar-refractivity contribution in [3.63, 3.8) is 0 Å². The Labute approximate surface area is 135 Å². The lowest BCUT2D eigenvalue weighted by Gasteiger charge is -2.28. The van der Waals surface area contributed by atoms with E-state index in [0.717, 1.165) is 42.5 Å². The van der Waals surface area contributed by atoms with Crippen molar-refractivity contribution in [2.24, 2.45) is 11.1 Å². The molecule has 0 amide bonds. The molecular formula is C14H21N5O3S. The van der Waals surface area contributed by atoms with Crippen LogP contribution in [0.25, 0.3) is 11.0 Å². The van der Waals surface area contributed by atoms with Crippen LogP contribution in [0.3, 0.4) is 0 Å². The molecule has 1 aliphatic carbocycles. The van der Waals surface area contributed by atoms with E-state index in [1.807, 2.05) is 22.9 Å². The fourth-order valence-electron chi connectivity index (χ4n) is 3.15. The highest BCUT2D eigenvalue weighted by molar-refractivity contribution is 7.87. The number of nitrogens with zero attached hydrogens (tertiary/aromatic N) is 3. The zero-order valence-corrected chi connectivity index (χ0v) is 13.8. The van der Waals surface area contributed by atoms with Gasteiger partial charge in [-0.3, -0.25) is 0 Å². The van der Waals surface area contributed by atoms with E-state index in [1.54, 1.807) is 7.11 Å². The molecular weight excluding hydrogens is 318 g/mol. The highest BCUT2D eigenvalue weighted by Gasteiger charge is 2.25. The second-order valence-electron chi connectivity index (χ2n) is 5.96. The van der Waals surface area contributed by atoms with Crippen molar-refractivity contribution in [2.45, 2.75) is 31.7 Å². The summed E-state index contributed by atoms with van der Waals surface area (Å²) in [5.74, 6) is 1.08. The van der Waals surface area contributed by atoms with E-state index >= 15 is 0 Å². The van der Waals surface area contributed by atoms with Crippen molar-refractivity contribution in [3.8, 4) is 5.75 Å². The molecule has 23 heavy (non-hydrogen) atoms. The number of rotatable bonds is 5. The maximum absolute atomic E-state index is 11.0. The van der Waals surface area contributed by atoms with E-state index in [-0.39, 0.29) is 0 Å². The summed E-state index contributed by atoms with van der Waals surface area (Å²) in [5.41, 5.74) is 1.82. The summed E-state index contributed by atoms with van der Waals surface area (Å²) in [6.45, 7) is 0.404. The van der Waals surface area contributed by atoms with Crippen LogP contribution in [-0.4, -0.2) is 37.1 Å². The zero-order chi connectivity index (χ0) is 16.4. The summed E-state index contributed by atoms with van der Waals surface area (Å²) in [6.07, 6.45) is 3.76. The van der Waals surface area contributed by atoms with E-state index in [4.69, 9.17) is 9.88 Å². The van der Waals surface area contributed by atoms with Crippen molar-refractivity contribution in [3.05, 3.63) is 18.2 Å². The lowest BCUT2D eigenvalue weighted by molar-refractivity contribution is 0.263. The molecule has 1 fully saturated rings. The van der Waals surface area contributed by atoms with E-state index in [2.05, 4.69) is 15.0 Å². The molecule has 0 aliphatic heterocycles. The quantitative estimate of drug-likeness (QED) is 0.843. The summed E-state index contributed by atoms with van der Waals surface area (Å²) >= 11 is 0. The van der Waals surface area contributed by atoms with E-state index in [0.29, 0.717) is 18.5 Å². The number of methoxy groups -OCH3 is 1. The van der Waals surface area contributed by atoms with Gasteiger partial charge in [-0.05, 0) is 43.7 Å². The minimum Gasteiger partial charge on any atom is -0.497 e. The fraction of sp³-hybridized carbons (Fsp3) is 0.571. The number of nitrogens with two attached hydrogens (primary N) is 1. The normalized spacial score (nSPS) is 22.3. The molecule has 0 radical (unpaired) electrons. The second-order valence-corrected chi connectivity index (χ2v) is 7.34. The Morgan fingerprint density at radius 3 is 2.74 bits per heavy atom. The lowest BCUT2D eigenvalue weighted by atomic mass is 9.86. The van der Waals surface area contributed by atoms with Gasteiger partial charge in [0.05, 0.1) is 18.7 Å². The summed E-state index contributed by atoms with van der Waals surface area (Å²) in [4.78, 5) is 0. The van der Waals surface area contributed by atoms with Gasteiger partial charge in [-0.1, -0.05) is 5.21 Å². The monoisotopic (exact) mass is 339 g/mol. The Morgan fingerprint density at radius 2 is 2.09 bits per heavy atom. The average molecular weight is 339 g/mol. The number of benzene rings is 1. The third kappa shape index (κ3) is 3.80. The molecule has 8 nitrogen and oxygen atoms in total. The van der Waals surface area contributed by atoms with Gasteiger partial charge in [0.1, 0.15) is 11.3 Å². The predicted octanol–water partition coefficient (Wildman–Crippen LogP) is 0.964. The molecule has 1 saturated carbocycles. The maximum atomic E-state index is 11.0. The lowest BCUT2D eigenvalue weighted by Crippen LogP contribution is -2.36. The fourth-order valence-corrected chi connectivity index (χ4v) is 3.61. The number of hydrogen-bond donors (Lipinski definition) is 2. The molecule has 0 saturated heterocycles. The Bertz CT molecular complexity index is 781. The SMILES string of the molecule is COc1ccc2c(c1)nnn2C1CCC(CNS(N)(=O)=O)CC1. The molecule has 1 aliphatic rings. The molecule has 9 heteroatoms. The Kier molecular flexibility index (Phi) is 4.51. The molecule has 3 rings (SSSR count). The summed E-state index contributed by atoms with van der Waals surface area (Å²) in [7, 11) is -1.98. The van der Waals surface area contributed by atoms with Gasteiger partial charge >= 0.3 is 0 Å². The minimum atomic E-state index is -3.61. The van der Waals surface area contributed by atoms with Crippen molar-refractivity contribution in [1.82, 2.24) is 19.7 Å². The Morgan fingerprint density at radius 1 is 1.35 bits per heavy atom. The van der Waals surface area contributed by atoms with Crippen molar-refractivity contribution in [1.29, 1.82) is 0 Å². The first-order valence-corrected chi connectivity index (χ1v) is 9.17. The van der Waals surface area contributed by atoms with Crippen LogP contribution in [0.15, 0.2) is 18.2 Å². The van der Waals surface area contributed by atoms with Gasteiger partial charge < -0.3 is 4.74 Å². The average Bonchev–Trinajstić information content (AvgIpc) is 2.95. The summed E-state index contributed by atoms with van der Waals surface area (Å²) in [5, 5.41) is 13.5. The van der Waals surface area contributed by atoms with Crippen molar-refractivity contribution in [2.75, 3.05) is 13.7 Å². The van der Waals surface area contributed by atoms with E-state index in [9.17, 15) is 8.42 Å². The molecule has 2 aromatic rings. The third-order valence-corrected chi connectivity index (χ3v) is 4.98. The first kappa shape index (κ1) is 16.2. The van der Waals surface area contributed by atoms with Crippen LogP contribution < -0.4 is 14.6 Å². The number of ether oxygens (including phenoxy) is 1. The number of fused-ring (bicyclic) bond motifs is 1. The first-order valence-electron chi connectivity index (χ1n) is 7.62. The van der Waals surface area contributed by atoms with Gasteiger partial charge in [-0.2, -0.15) is 8.42 Å². The van der Waals surface area contributed by atoms with Crippen LogP contribution in [0.2, 0.25) is 0 Å². The van der Waals surface area contributed by atoms with Crippen molar-refractivity contribution >= 4 is 21.2 Å². The topological polar surface area (TPSA) is 112 Å². The molecule has 0 unspecified atom stereocenters. The van der Waals surface area contributed by atoms with Crippen LogP contribution in [0.5, 0.6) is 5.75 Å². The summed E-state index contributed by atoms with van der Waals surface area (Å²) in [6, 6.07) is 6.05. The van der Waals surface area contributed by atoms with E-state index in [1.165, 1.54) is 0 Å². The van der Waals surface area contributed by atoms with Crippen LogP contribution in [0, 0.1) is 5.92 Å². The third-order valence-electron chi connectivity index (χ3n) is 4.41. The van der Waals surface area contributed by atoms with Gasteiger partial charge in [-0.15, -0.1) is 5.10 Å². The molecule has 0 spiro atoms. The zero-order valence-electron chi connectivity index (χ0n) is 13.0. The molecule has 1 aromatic carbocycles. The van der Waals surface area contributed by atoms with Gasteiger partial charge in [0.2, 0.25) is 0 Å². The first-order chi connectivity index (χ1) is 11.0. The van der Waals surface area contributed by atoms with Crippen LogP contribution in [0.1, 0.15) is 31.7 Å². The van der Waals surface area contributed by atoms with Gasteiger partial charge in [0.25, 0.3) is 10.2 Å². The second kappa shape index (κ2) is 6.42. The number of hydrogen-bond acceptors (Lipinski definition) is 5. The Hall–Kier alpha value is -1.71. The molecule has 0 bridgehead atoms. The standard InChI is InChI=1S/C14H21N5O3S/c1-22-12-6-7-14-13(8-12)17-18-19(14)11-4-2-10(3-5-11)9-16-23(15,20)21/h6-8,10-11,16H,2-5,9H2,1H3,(H2,15,20,21). The molecule has 1 heterocycles.